The first-order valence-electron chi connectivity index (χ1n) is 8.79. The number of benzene rings is 1. The summed E-state index contributed by atoms with van der Waals surface area (Å²) in [6, 6.07) is 4.82. The molecule has 0 saturated carbocycles. The number of nitrogens with zero attached hydrogens (tertiary/aromatic N) is 1. The molecule has 2 heterocycles. The maximum absolute atomic E-state index is 14.0. The molecule has 0 radical (unpaired) electrons. The van der Waals surface area contributed by atoms with Crippen molar-refractivity contribution in [2.75, 3.05) is 26.2 Å². The van der Waals surface area contributed by atoms with Gasteiger partial charge in [-0.15, -0.1) is 0 Å². The number of hydrogen-bond donors (Lipinski definition) is 0. The van der Waals surface area contributed by atoms with Gasteiger partial charge in [0.15, 0.2) is 11.6 Å². The Kier molecular flexibility index (Phi) is 4.91. The van der Waals surface area contributed by atoms with E-state index in [0.717, 1.165) is 25.1 Å². The van der Waals surface area contributed by atoms with Gasteiger partial charge in [0.25, 0.3) is 0 Å². The van der Waals surface area contributed by atoms with Crippen LogP contribution in [0.4, 0.5) is 4.39 Å². The quantitative estimate of drug-likeness (QED) is 0.774. The van der Waals surface area contributed by atoms with Crippen LogP contribution in [0.5, 0.6) is 5.75 Å². The molecule has 0 spiro atoms. The lowest BCUT2D eigenvalue weighted by Crippen LogP contribution is -2.41. The summed E-state index contributed by atoms with van der Waals surface area (Å²) in [6.45, 7) is 11.6. The van der Waals surface area contributed by atoms with Crippen molar-refractivity contribution in [3.05, 3.63) is 24.0 Å². The lowest BCUT2D eigenvalue weighted by molar-refractivity contribution is 0.00578. The monoisotopic (exact) mass is 335 g/mol. The van der Waals surface area contributed by atoms with E-state index in [2.05, 4.69) is 4.90 Å². The van der Waals surface area contributed by atoms with Gasteiger partial charge in [0.05, 0.1) is 11.2 Å². The molecule has 6 heteroatoms. The molecule has 0 N–H and O–H groups in total. The van der Waals surface area contributed by atoms with Gasteiger partial charge in [-0.1, -0.05) is 6.07 Å². The van der Waals surface area contributed by atoms with Crippen LogP contribution in [0.2, 0.25) is 0 Å². The fraction of sp³-hybridized carbons (Fsp3) is 0.667. The van der Waals surface area contributed by atoms with E-state index in [9.17, 15) is 4.39 Å². The van der Waals surface area contributed by atoms with Crippen molar-refractivity contribution >= 4 is 12.6 Å². The maximum Gasteiger partial charge on any atom is 0.494 e. The summed E-state index contributed by atoms with van der Waals surface area (Å²) in [5, 5.41) is 0. The summed E-state index contributed by atoms with van der Waals surface area (Å²) in [7, 11) is -0.503. The van der Waals surface area contributed by atoms with E-state index < -0.39 is 18.3 Å². The summed E-state index contributed by atoms with van der Waals surface area (Å²) < 4.78 is 31.8. The molecule has 2 aliphatic rings. The Hall–Kier alpha value is -1.11. The molecule has 1 aromatic rings. The van der Waals surface area contributed by atoms with E-state index in [0.29, 0.717) is 6.61 Å². The van der Waals surface area contributed by atoms with E-state index >= 15 is 0 Å². The third-order valence-electron chi connectivity index (χ3n) is 5.34. The van der Waals surface area contributed by atoms with Crippen LogP contribution in [0.25, 0.3) is 0 Å². The van der Waals surface area contributed by atoms with Crippen molar-refractivity contribution in [1.29, 1.82) is 0 Å². The summed E-state index contributed by atoms with van der Waals surface area (Å²) in [5.41, 5.74) is -0.0442. The van der Waals surface area contributed by atoms with Gasteiger partial charge in [-0.25, -0.2) is 4.39 Å². The first kappa shape index (κ1) is 17.7. The van der Waals surface area contributed by atoms with Crippen LogP contribution in [-0.2, 0) is 9.31 Å². The molecule has 4 nitrogen and oxygen atoms in total. The fourth-order valence-corrected chi connectivity index (χ4v) is 3.05. The zero-order chi connectivity index (χ0) is 17.4. The average Bonchev–Trinajstić information content (AvgIpc) is 3.07. The Morgan fingerprint density at radius 1 is 1.12 bits per heavy atom. The van der Waals surface area contributed by atoms with Crippen LogP contribution in [-0.4, -0.2) is 49.5 Å². The second-order valence-corrected chi connectivity index (χ2v) is 7.68. The smallest absolute Gasteiger partial charge is 0.489 e. The Balaban J connectivity index is 1.65. The molecule has 0 aliphatic carbocycles. The average molecular weight is 335 g/mol. The van der Waals surface area contributed by atoms with Gasteiger partial charge in [-0.2, -0.15) is 0 Å². The molecule has 132 valence electrons. The molecule has 2 fully saturated rings. The maximum atomic E-state index is 14.0. The highest BCUT2D eigenvalue weighted by Gasteiger charge is 2.51. The minimum Gasteiger partial charge on any atom is -0.489 e. The van der Waals surface area contributed by atoms with E-state index in [1.165, 1.54) is 18.9 Å². The lowest BCUT2D eigenvalue weighted by Gasteiger charge is -2.32. The minimum atomic E-state index is -0.503. The highest BCUT2D eigenvalue weighted by atomic mass is 19.1. The Bertz CT molecular complexity index is 572. The molecule has 3 rings (SSSR count). The van der Waals surface area contributed by atoms with Crippen molar-refractivity contribution in [3.63, 3.8) is 0 Å². The van der Waals surface area contributed by atoms with Crippen molar-refractivity contribution in [2.24, 2.45) is 0 Å². The molecule has 2 aliphatic heterocycles. The van der Waals surface area contributed by atoms with Crippen LogP contribution in [0.3, 0.4) is 0 Å². The summed E-state index contributed by atoms with van der Waals surface area (Å²) in [6.07, 6.45) is 2.48. The van der Waals surface area contributed by atoms with E-state index in [4.69, 9.17) is 14.0 Å². The molecule has 0 amide bonds. The molecular weight excluding hydrogens is 308 g/mol. The number of likely N-dealkylation sites (tertiary alicyclic amines) is 1. The summed E-state index contributed by atoms with van der Waals surface area (Å²) >= 11 is 0. The second kappa shape index (κ2) is 6.66. The van der Waals surface area contributed by atoms with Gasteiger partial charge in [0, 0.05) is 6.54 Å². The van der Waals surface area contributed by atoms with Crippen LogP contribution >= 0.6 is 0 Å². The van der Waals surface area contributed by atoms with E-state index in [1.54, 1.807) is 12.1 Å². The van der Waals surface area contributed by atoms with Crippen LogP contribution < -0.4 is 10.2 Å². The van der Waals surface area contributed by atoms with Crippen molar-refractivity contribution in [2.45, 2.75) is 51.7 Å². The zero-order valence-corrected chi connectivity index (χ0v) is 15.1. The lowest BCUT2D eigenvalue weighted by atomic mass is 9.79. The number of hydrogen-bond acceptors (Lipinski definition) is 4. The number of ether oxygens (including phenoxy) is 1. The zero-order valence-electron chi connectivity index (χ0n) is 15.1. The molecule has 0 unspecified atom stereocenters. The molecule has 0 atom stereocenters. The normalized spacial score (nSPS) is 23.0. The third-order valence-corrected chi connectivity index (χ3v) is 5.34. The van der Waals surface area contributed by atoms with Crippen LogP contribution in [0.1, 0.15) is 40.5 Å². The molecule has 1 aromatic carbocycles. The standard InChI is InChI=1S/C18H27BFNO3/c1-17(2)18(3,4)24-19(23-17)14-7-8-15(20)16(13-14)22-12-11-21-9-5-6-10-21/h7-8,13H,5-6,9-12H2,1-4H3. The Morgan fingerprint density at radius 2 is 1.75 bits per heavy atom. The van der Waals surface area contributed by atoms with Crippen molar-refractivity contribution in [3.8, 4) is 5.75 Å². The largest absolute Gasteiger partial charge is 0.494 e. The SMILES string of the molecule is CC1(C)OB(c2ccc(F)c(OCCN3CCCC3)c2)OC1(C)C. The molecule has 0 aromatic heterocycles. The van der Waals surface area contributed by atoms with Gasteiger partial charge in [0.1, 0.15) is 6.61 Å². The van der Waals surface area contributed by atoms with Gasteiger partial charge in [-0.3, -0.25) is 4.90 Å². The van der Waals surface area contributed by atoms with E-state index in [-0.39, 0.29) is 11.6 Å². The second-order valence-electron chi connectivity index (χ2n) is 7.68. The number of halogens is 1. The first-order chi connectivity index (χ1) is 11.3. The Morgan fingerprint density at radius 3 is 2.38 bits per heavy atom. The first-order valence-corrected chi connectivity index (χ1v) is 8.79. The van der Waals surface area contributed by atoms with Crippen LogP contribution in [0, 0.1) is 5.82 Å². The van der Waals surface area contributed by atoms with Gasteiger partial charge >= 0.3 is 7.12 Å². The predicted molar refractivity (Wildman–Crippen MR) is 93.3 cm³/mol. The number of rotatable bonds is 5. The Labute approximate surface area is 144 Å². The predicted octanol–water partition coefficient (Wildman–Crippen LogP) is 2.60. The fourth-order valence-electron chi connectivity index (χ4n) is 3.05. The third kappa shape index (κ3) is 3.61. The van der Waals surface area contributed by atoms with E-state index in [1.807, 2.05) is 27.7 Å². The van der Waals surface area contributed by atoms with Gasteiger partial charge in [-0.05, 0) is 71.2 Å². The molecular formula is C18H27BFNO3. The highest BCUT2D eigenvalue weighted by molar-refractivity contribution is 6.62. The summed E-state index contributed by atoms with van der Waals surface area (Å²) in [5.74, 6) is -0.0851. The van der Waals surface area contributed by atoms with Crippen molar-refractivity contribution < 1.29 is 18.4 Å². The van der Waals surface area contributed by atoms with Gasteiger partial charge < -0.3 is 14.0 Å². The van der Waals surface area contributed by atoms with Gasteiger partial charge in [0.2, 0.25) is 0 Å². The topological polar surface area (TPSA) is 30.9 Å². The van der Waals surface area contributed by atoms with Crippen LogP contribution in [0.15, 0.2) is 18.2 Å². The minimum absolute atomic E-state index is 0.265. The molecule has 0 bridgehead atoms. The molecule has 2 saturated heterocycles. The molecule has 24 heavy (non-hydrogen) atoms. The van der Waals surface area contributed by atoms with Crippen molar-refractivity contribution in [1.82, 2.24) is 4.90 Å². The highest BCUT2D eigenvalue weighted by Crippen LogP contribution is 2.36. The summed E-state index contributed by atoms with van der Waals surface area (Å²) in [4.78, 5) is 2.34.